The third-order valence-electron chi connectivity index (χ3n) is 1.06. The Bertz CT molecular complexity index is 123. The zero-order valence-corrected chi connectivity index (χ0v) is 6.85. The lowest BCUT2D eigenvalue weighted by Gasteiger charge is -2.18. The molecule has 0 aliphatic heterocycles. The Balaban J connectivity index is 0. The lowest BCUT2D eigenvalue weighted by Crippen LogP contribution is -2.36. The van der Waals surface area contributed by atoms with E-state index in [2.05, 4.69) is 12.6 Å². The van der Waals surface area contributed by atoms with Crippen molar-refractivity contribution in [1.29, 1.82) is 0 Å². The van der Waals surface area contributed by atoms with Crippen LogP contribution in [0.1, 0.15) is 12.8 Å². The Labute approximate surface area is 71.7 Å². The van der Waals surface area contributed by atoms with Gasteiger partial charge in [0.05, 0.1) is 0 Å². The molecule has 0 saturated carbocycles. The summed E-state index contributed by atoms with van der Waals surface area (Å²) in [4.78, 5) is 0. The molecule has 76 valence electrons. The molecule has 0 atom stereocenters. The van der Waals surface area contributed by atoms with Crippen LogP contribution in [0.2, 0.25) is 0 Å². The number of halogens is 5. The summed E-state index contributed by atoms with van der Waals surface area (Å²) < 4.78 is 58.1. The van der Waals surface area contributed by atoms with Crippen molar-refractivity contribution in [2.45, 2.75) is 24.9 Å². The van der Waals surface area contributed by atoms with Gasteiger partial charge in [0.15, 0.2) is 0 Å². The largest absolute Gasteiger partial charge is 0.453 e. The van der Waals surface area contributed by atoms with E-state index in [0.29, 0.717) is 0 Å². The summed E-state index contributed by atoms with van der Waals surface area (Å²) in [7, 11) is 0. The van der Waals surface area contributed by atoms with Gasteiger partial charge in [0.2, 0.25) is 0 Å². The van der Waals surface area contributed by atoms with Crippen LogP contribution in [0.5, 0.6) is 0 Å². The van der Waals surface area contributed by atoms with E-state index in [-0.39, 0.29) is 17.6 Å². The number of hydrogen-bond donors (Lipinski definition) is 1. The second-order valence-corrected chi connectivity index (χ2v) is 2.48. The average molecular weight is 212 g/mol. The van der Waals surface area contributed by atoms with Gasteiger partial charge in [0.1, 0.15) is 0 Å². The maximum absolute atomic E-state index is 12.0. The fourth-order valence-electron chi connectivity index (χ4n) is 0.443. The fraction of sp³-hybridized carbons (Fsp3) is 1.00. The van der Waals surface area contributed by atoms with Crippen molar-refractivity contribution in [3.8, 4) is 0 Å². The first-order valence-electron chi connectivity index (χ1n) is 2.86. The van der Waals surface area contributed by atoms with Crippen LogP contribution >= 0.6 is 12.6 Å². The number of alkyl halides is 5. The van der Waals surface area contributed by atoms with Gasteiger partial charge in [-0.05, 0) is 12.2 Å². The van der Waals surface area contributed by atoms with Crippen LogP contribution < -0.4 is 0 Å². The first kappa shape index (κ1) is 14.5. The Morgan fingerprint density at radius 2 is 1.42 bits per heavy atom. The van der Waals surface area contributed by atoms with Crippen molar-refractivity contribution >= 4 is 12.6 Å². The molecule has 12 heavy (non-hydrogen) atoms. The molecule has 0 radical (unpaired) electrons. The van der Waals surface area contributed by atoms with Crippen LogP contribution in [-0.4, -0.2) is 23.3 Å². The summed E-state index contributed by atoms with van der Waals surface area (Å²) in [6.07, 6.45) is -6.84. The Morgan fingerprint density at radius 3 is 1.67 bits per heavy atom. The van der Waals surface area contributed by atoms with Crippen molar-refractivity contribution < 1.29 is 27.4 Å². The number of thiol groups is 1. The normalized spacial score (nSPS) is 12.5. The molecule has 0 aliphatic carbocycles. The van der Waals surface area contributed by atoms with Gasteiger partial charge in [-0.2, -0.15) is 34.6 Å². The van der Waals surface area contributed by atoms with Gasteiger partial charge in [-0.15, -0.1) is 0 Å². The van der Waals surface area contributed by atoms with Gasteiger partial charge in [-0.1, -0.05) is 0 Å². The van der Waals surface area contributed by atoms with Crippen molar-refractivity contribution in [3.63, 3.8) is 0 Å². The summed E-state index contributed by atoms with van der Waals surface area (Å²) in [5.41, 5.74) is 0. The molecule has 0 saturated heterocycles. The topological polar surface area (TPSA) is 31.5 Å². The summed E-state index contributed by atoms with van der Waals surface area (Å²) in [5, 5.41) is 0. The van der Waals surface area contributed by atoms with Gasteiger partial charge >= 0.3 is 12.1 Å². The van der Waals surface area contributed by atoms with Gasteiger partial charge < -0.3 is 5.48 Å². The molecule has 7 heteroatoms. The molecule has 0 aromatic rings. The highest BCUT2D eigenvalue weighted by Crippen LogP contribution is 2.38. The van der Waals surface area contributed by atoms with Crippen LogP contribution in [0.25, 0.3) is 0 Å². The molecule has 0 aliphatic rings. The third-order valence-corrected chi connectivity index (χ3v) is 1.38. The molecule has 0 aromatic carbocycles. The molecule has 0 aromatic heterocycles. The van der Waals surface area contributed by atoms with E-state index >= 15 is 0 Å². The van der Waals surface area contributed by atoms with Crippen LogP contribution in [0.3, 0.4) is 0 Å². The maximum atomic E-state index is 12.0. The van der Waals surface area contributed by atoms with Crippen molar-refractivity contribution in [3.05, 3.63) is 0 Å². The predicted molar refractivity (Wildman–Crippen MR) is 37.7 cm³/mol. The number of rotatable bonds is 3. The zero-order chi connectivity index (χ0) is 9.12. The summed E-state index contributed by atoms with van der Waals surface area (Å²) in [6.45, 7) is 0. The minimum Gasteiger partial charge on any atom is -0.412 e. The van der Waals surface area contributed by atoms with E-state index in [4.69, 9.17) is 0 Å². The van der Waals surface area contributed by atoms with Crippen LogP contribution in [0, 0.1) is 0 Å². The van der Waals surface area contributed by atoms with E-state index in [1.54, 1.807) is 0 Å². The fourth-order valence-corrected chi connectivity index (χ4v) is 0.601. The highest BCUT2D eigenvalue weighted by atomic mass is 32.1. The predicted octanol–water partition coefficient (Wildman–Crippen LogP) is 2.07. The first-order chi connectivity index (χ1) is 4.81. The van der Waals surface area contributed by atoms with Gasteiger partial charge in [0.25, 0.3) is 0 Å². The first-order valence-corrected chi connectivity index (χ1v) is 3.50. The van der Waals surface area contributed by atoms with Gasteiger partial charge in [-0.3, -0.25) is 0 Å². The summed E-state index contributed by atoms with van der Waals surface area (Å²) in [5.74, 6) is -4.53. The van der Waals surface area contributed by atoms with Crippen molar-refractivity contribution in [1.82, 2.24) is 0 Å². The Morgan fingerprint density at radius 1 is 1.00 bits per heavy atom. The SMILES string of the molecule is FC(F)(F)C(F)(F)CCCS.O. The minimum absolute atomic E-state index is 0. The van der Waals surface area contributed by atoms with Crippen molar-refractivity contribution in [2.24, 2.45) is 0 Å². The van der Waals surface area contributed by atoms with E-state index in [9.17, 15) is 22.0 Å². The highest BCUT2D eigenvalue weighted by molar-refractivity contribution is 7.80. The van der Waals surface area contributed by atoms with E-state index < -0.39 is 18.5 Å². The lowest BCUT2D eigenvalue weighted by atomic mass is 10.2. The highest BCUT2D eigenvalue weighted by Gasteiger charge is 2.56. The average Bonchev–Trinajstić information content (AvgIpc) is 1.81. The molecule has 0 unspecified atom stereocenters. The smallest absolute Gasteiger partial charge is 0.412 e. The molecule has 1 nitrogen and oxygen atoms in total. The van der Waals surface area contributed by atoms with E-state index in [1.165, 1.54) is 0 Å². The second-order valence-electron chi connectivity index (χ2n) is 2.03. The molecular weight excluding hydrogens is 203 g/mol. The molecular formula is C5H9F5OS. The Hall–Kier alpha value is -0.0400. The molecule has 0 amide bonds. The summed E-state index contributed by atoms with van der Waals surface area (Å²) >= 11 is 3.53. The molecule has 0 spiro atoms. The third kappa shape index (κ3) is 4.10. The van der Waals surface area contributed by atoms with E-state index in [1.807, 2.05) is 0 Å². The van der Waals surface area contributed by atoms with Crippen LogP contribution in [-0.2, 0) is 0 Å². The van der Waals surface area contributed by atoms with Crippen LogP contribution in [0.15, 0.2) is 0 Å². The monoisotopic (exact) mass is 212 g/mol. The zero-order valence-electron chi connectivity index (χ0n) is 5.96. The molecule has 0 bridgehead atoms. The van der Waals surface area contributed by atoms with Crippen molar-refractivity contribution in [2.75, 3.05) is 5.75 Å². The standard InChI is InChI=1S/C5H7F5S.H2O/c6-4(7,2-1-3-11)5(8,9)10;/h11H,1-3H2;1H2. The molecule has 0 heterocycles. The summed E-state index contributed by atoms with van der Waals surface area (Å²) in [6, 6.07) is 0. The minimum atomic E-state index is -5.42. The molecule has 0 fully saturated rings. The maximum Gasteiger partial charge on any atom is 0.453 e. The molecule has 2 N–H and O–H groups in total. The van der Waals surface area contributed by atoms with Gasteiger partial charge in [0, 0.05) is 6.42 Å². The lowest BCUT2D eigenvalue weighted by molar-refractivity contribution is -0.284. The van der Waals surface area contributed by atoms with Gasteiger partial charge in [-0.25, -0.2) is 0 Å². The Kier molecular flexibility index (Phi) is 5.86. The quantitative estimate of drug-likeness (QED) is 0.548. The number of hydrogen-bond acceptors (Lipinski definition) is 1. The van der Waals surface area contributed by atoms with Crippen LogP contribution in [0.4, 0.5) is 22.0 Å². The van der Waals surface area contributed by atoms with E-state index in [0.717, 1.165) is 0 Å². The molecule has 0 rings (SSSR count). The second kappa shape index (κ2) is 4.86.